The first-order valence-electron chi connectivity index (χ1n) is 9.36. The van der Waals surface area contributed by atoms with E-state index in [0.717, 1.165) is 4.57 Å². The van der Waals surface area contributed by atoms with Crippen molar-refractivity contribution >= 4 is 39.8 Å². The first-order valence-corrected chi connectivity index (χ1v) is 9.74. The number of carbonyl (C=O) groups excluding carboxylic acids is 1. The molecule has 160 valence electrons. The zero-order valence-corrected chi connectivity index (χ0v) is 17.2. The van der Waals surface area contributed by atoms with Gasteiger partial charge in [0, 0.05) is 17.2 Å². The summed E-state index contributed by atoms with van der Waals surface area (Å²) in [6.07, 6.45) is 1.17. The molecule has 32 heavy (non-hydrogen) atoms. The highest BCUT2D eigenvalue weighted by Crippen LogP contribution is 2.32. The van der Waals surface area contributed by atoms with E-state index in [9.17, 15) is 19.7 Å². The summed E-state index contributed by atoms with van der Waals surface area (Å²) in [5.41, 5.74) is -0.156. The molecule has 0 saturated carbocycles. The number of para-hydroxylation sites is 1. The van der Waals surface area contributed by atoms with Crippen molar-refractivity contribution in [3.63, 3.8) is 0 Å². The molecule has 4 aromatic rings. The molecule has 10 heteroatoms. The number of halogens is 1. The van der Waals surface area contributed by atoms with E-state index >= 15 is 0 Å². The fourth-order valence-corrected chi connectivity index (χ4v) is 3.19. The number of rotatable bonds is 6. The summed E-state index contributed by atoms with van der Waals surface area (Å²) in [6.45, 7) is -0.323. The van der Waals surface area contributed by atoms with E-state index in [0.29, 0.717) is 22.2 Å². The topological polar surface area (TPSA) is 116 Å². The van der Waals surface area contributed by atoms with Gasteiger partial charge in [-0.3, -0.25) is 24.3 Å². The van der Waals surface area contributed by atoms with Crippen LogP contribution >= 0.6 is 11.6 Å². The van der Waals surface area contributed by atoms with Crippen LogP contribution in [-0.4, -0.2) is 20.4 Å². The molecule has 0 atom stereocenters. The van der Waals surface area contributed by atoms with Crippen molar-refractivity contribution < 1.29 is 14.5 Å². The number of hydrogen-bond donors (Lipinski definition) is 1. The predicted molar refractivity (Wildman–Crippen MR) is 119 cm³/mol. The third kappa shape index (κ3) is 4.57. The van der Waals surface area contributed by atoms with Crippen LogP contribution in [0, 0.1) is 10.1 Å². The lowest BCUT2D eigenvalue weighted by atomic mass is 10.2. The standard InChI is InChI=1S/C22H15ClN4O5/c23-14-6-9-20(32-16-4-2-1-3-5-16)19(10-14)25-21(28)12-26-13-24-18-11-15(27(30)31)7-8-17(18)22(26)29/h1-11,13H,12H2,(H,25,28). The second kappa shape index (κ2) is 8.86. The van der Waals surface area contributed by atoms with E-state index in [1.807, 2.05) is 18.2 Å². The number of non-ortho nitro benzene ring substituents is 1. The summed E-state index contributed by atoms with van der Waals surface area (Å²) >= 11 is 6.07. The van der Waals surface area contributed by atoms with Crippen molar-refractivity contribution in [2.75, 3.05) is 5.32 Å². The van der Waals surface area contributed by atoms with Crippen LogP contribution in [0.5, 0.6) is 11.5 Å². The molecule has 0 unspecified atom stereocenters. The molecule has 1 heterocycles. The average Bonchev–Trinajstić information content (AvgIpc) is 2.78. The van der Waals surface area contributed by atoms with Crippen LogP contribution in [-0.2, 0) is 11.3 Å². The summed E-state index contributed by atoms with van der Waals surface area (Å²) in [5, 5.41) is 14.2. The number of nitro benzene ring substituents is 1. The molecule has 0 aliphatic heterocycles. The molecule has 0 bridgehead atoms. The maximum absolute atomic E-state index is 12.7. The Bertz CT molecular complexity index is 1390. The Morgan fingerprint density at radius 1 is 1.12 bits per heavy atom. The lowest BCUT2D eigenvalue weighted by molar-refractivity contribution is -0.384. The van der Waals surface area contributed by atoms with Gasteiger partial charge in [-0.15, -0.1) is 0 Å². The highest BCUT2D eigenvalue weighted by molar-refractivity contribution is 6.31. The minimum absolute atomic E-state index is 0.168. The van der Waals surface area contributed by atoms with E-state index in [2.05, 4.69) is 10.3 Å². The summed E-state index contributed by atoms with van der Waals surface area (Å²) in [4.78, 5) is 39.7. The smallest absolute Gasteiger partial charge is 0.271 e. The second-order valence-electron chi connectivity index (χ2n) is 6.74. The Kier molecular flexibility index (Phi) is 5.82. The van der Waals surface area contributed by atoms with Gasteiger partial charge in [0.1, 0.15) is 12.3 Å². The number of nitrogens with one attached hydrogen (secondary N) is 1. The minimum Gasteiger partial charge on any atom is -0.455 e. The first-order chi connectivity index (χ1) is 15.4. The van der Waals surface area contributed by atoms with Crippen molar-refractivity contribution in [3.05, 3.63) is 98.5 Å². The predicted octanol–water partition coefficient (Wildman–Crippen LogP) is 4.39. The Morgan fingerprint density at radius 2 is 1.91 bits per heavy atom. The van der Waals surface area contributed by atoms with Gasteiger partial charge in [-0.1, -0.05) is 29.8 Å². The third-order valence-electron chi connectivity index (χ3n) is 4.52. The van der Waals surface area contributed by atoms with Gasteiger partial charge in [0.15, 0.2) is 5.75 Å². The lowest BCUT2D eigenvalue weighted by Gasteiger charge is -2.13. The Balaban J connectivity index is 1.56. The summed E-state index contributed by atoms with van der Waals surface area (Å²) < 4.78 is 6.94. The van der Waals surface area contributed by atoms with Crippen molar-refractivity contribution in [1.29, 1.82) is 0 Å². The molecule has 1 N–H and O–H groups in total. The first kappa shape index (κ1) is 21.0. The van der Waals surface area contributed by atoms with E-state index in [1.54, 1.807) is 24.3 Å². The van der Waals surface area contributed by atoms with E-state index in [1.165, 1.54) is 30.6 Å². The fourth-order valence-electron chi connectivity index (χ4n) is 3.02. The van der Waals surface area contributed by atoms with Gasteiger partial charge in [0.05, 0.1) is 27.8 Å². The summed E-state index contributed by atoms with van der Waals surface area (Å²) in [5.74, 6) is 0.454. The zero-order valence-electron chi connectivity index (χ0n) is 16.4. The van der Waals surface area contributed by atoms with Crippen LogP contribution in [0.25, 0.3) is 10.9 Å². The molecule has 0 radical (unpaired) electrons. The number of nitrogens with zero attached hydrogens (tertiary/aromatic N) is 3. The lowest BCUT2D eigenvalue weighted by Crippen LogP contribution is -2.28. The molecule has 1 aromatic heterocycles. The van der Waals surface area contributed by atoms with Gasteiger partial charge in [-0.05, 0) is 36.4 Å². The number of ether oxygens (including phenoxy) is 1. The average molecular weight is 451 g/mol. The van der Waals surface area contributed by atoms with Gasteiger partial charge in [0.25, 0.3) is 11.2 Å². The number of nitro groups is 1. The molecule has 0 fully saturated rings. The number of amides is 1. The van der Waals surface area contributed by atoms with E-state index < -0.39 is 16.4 Å². The number of anilines is 1. The number of hydrogen-bond acceptors (Lipinski definition) is 6. The van der Waals surface area contributed by atoms with Crippen molar-refractivity contribution in [1.82, 2.24) is 9.55 Å². The molecular formula is C22H15ClN4O5. The van der Waals surface area contributed by atoms with Crippen LogP contribution in [0.2, 0.25) is 5.02 Å². The highest BCUT2D eigenvalue weighted by atomic mass is 35.5. The summed E-state index contributed by atoms with van der Waals surface area (Å²) in [6, 6.07) is 17.6. The van der Waals surface area contributed by atoms with Crippen molar-refractivity contribution in [2.45, 2.75) is 6.54 Å². The van der Waals surface area contributed by atoms with Crippen LogP contribution in [0.3, 0.4) is 0 Å². The van der Waals surface area contributed by atoms with Crippen LogP contribution in [0.15, 0.2) is 77.9 Å². The molecule has 0 aliphatic rings. The Morgan fingerprint density at radius 3 is 2.66 bits per heavy atom. The molecule has 1 amide bonds. The second-order valence-corrected chi connectivity index (χ2v) is 7.18. The van der Waals surface area contributed by atoms with Gasteiger partial charge in [-0.2, -0.15) is 0 Å². The third-order valence-corrected chi connectivity index (χ3v) is 4.76. The molecule has 4 rings (SSSR count). The SMILES string of the molecule is O=C(Cn1cnc2cc([N+](=O)[O-])ccc2c1=O)Nc1cc(Cl)ccc1Oc1ccccc1. The molecular weight excluding hydrogens is 436 g/mol. The van der Waals surface area contributed by atoms with Gasteiger partial charge >= 0.3 is 0 Å². The number of benzene rings is 3. The number of aromatic nitrogens is 2. The molecule has 0 saturated heterocycles. The zero-order chi connectivity index (χ0) is 22.7. The Labute approximate surface area is 186 Å². The minimum atomic E-state index is -0.569. The summed E-state index contributed by atoms with van der Waals surface area (Å²) in [7, 11) is 0. The van der Waals surface area contributed by atoms with Gasteiger partial charge < -0.3 is 10.1 Å². The number of fused-ring (bicyclic) bond motifs is 1. The monoisotopic (exact) mass is 450 g/mol. The van der Waals surface area contributed by atoms with Gasteiger partial charge in [0.2, 0.25) is 5.91 Å². The maximum atomic E-state index is 12.7. The fraction of sp³-hybridized carbons (Fsp3) is 0.0455. The quantitative estimate of drug-likeness (QED) is 0.344. The molecule has 0 aliphatic carbocycles. The van der Waals surface area contributed by atoms with Crippen molar-refractivity contribution in [3.8, 4) is 11.5 Å². The molecule has 3 aromatic carbocycles. The molecule has 9 nitrogen and oxygen atoms in total. The van der Waals surface area contributed by atoms with Crippen LogP contribution in [0.1, 0.15) is 0 Å². The maximum Gasteiger partial charge on any atom is 0.271 e. The van der Waals surface area contributed by atoms with E-state index in [-0.39, 0.29) is 23.1 Å². The van der Waals surface area contributed by atoms with Gasteiger partial charge in [-0.25, -0.2) is 4.98 Å². The van der Waals surface area contributed by atoms with Crippen LogP contribution < -0.4 is 15.6 Å². The normalized spacial score (nSPS) is 10.7. The highest BCUT2D eigenvalue weighted by Gasteiger charge is 2.14. The number of carbonyl (C=O) groups is 1. The largest absolute Gasteiger partial charge is 0.455 e. The van der Waals surface area contributed by atoms with Crippen molar-refractivity contribution in [2.24, 2.45) is 0 Å². The Hall–Kier alpha value is -4.24. The van der Waals surface area contributed by atoms with Crippen LogP contribution in [0.4, 0.5) is 11.4 Å². The van der Waals surface area contributed by atoms with E-state index in [4.69, 9.17) is 16.3 Å². The molecule has 0 spiro atoms.